The molecule has 0 aliphatic heterocycles. The number of methoxy groups -OCH3 is 1. The van der Waals surface area contributed by atoms with E-state index in [2.05, 4.69) is 29.7 Å². The average molecular weight is 439 g/mol. The van der Waals surface area contributed by atoms with Crippen molar-refractivity contribution in [2.45, 2.75) is 32.4 Å². The SMILES string of the molecule is COc1ccc2nc(-c3ccncc3-c3ccnn3COCC[Si](C)(C)C)sc2c1. The largest absolute Gasteiger partial charge is 0.497 e. The quantitative estimate of drug-likeness (QED) is 0.267. The Morgan fingerprint density at radius 1 is 1.07 bits per heavy atom. The van der Waals surface area contributed by atoms with E-state index in [9.17, 15) is 0 Å². The van der Waals surface area contributed by atoms with E-state index in [0.717, 1.165) is 50.4 Å². The highest BCUT2D eigenvalue weighted by Gasteiger charge is 2.16. The summed E-state index contributed by atoms with van der Waals surface area (Å²) in [7, 11) is 0.564. The standard InChI is InChI=1S/C22H26N4O2SSi/c1-27-16-5-6-19-21(13-16)29-22(25-19)17-7-9-23-14-18(17)20-8-10-24-26(20)15-28-11-12-30(2,3)4/h5-10,13-14H,11-12,15H2,1-4H3. The van der Waals surface area contributed by atoms with E-state index in [1.54, 1.807) is 30.8 Å². The van der Waals surface area contributed by atoms with Crippen LogP contribution in [0.15, 0.2) is 48.9 Å². The summed E-state index contributed by atoms with van der Waals surface area (Å²) in [5.74, 6) is 0.834. The lowest BCUT2D eigenvalue weighted by Gasteiger charge is -2.16. The third kappa shape index (κ3) is 4.61. The molecule has 0 fully saturated rings. The minimum absolute atomic E-state index is 0.429. The molecule has 0 saturated heterocycles. The van der Waals surface area contributed by atoms with E-state index in [-0.39, 0.29) is 0 Å². The average Bonchev–Trinajstić information content (AvgIpc) is 3.36. The van der Waals surface area contributed by atoms with E-state index in [4.69, 9.17) is 14.5 Å². The van der Waals surface area contributed by atoms with Crippen LogP contribution in [0.5, 0.6) is 5.75 Å². The predicted octanol–water partition coefficient (Wildman–Crippen LogP) is 5.54. The molecule has 1 aromatic carbocycles. The van der Waals surface area contributed by atoms with Crippen LogP contribution in [-0.4, -0.2) is 41.5 Å². The second-order valence-electron chi connectivity index (χ2n) is 8.34. The predicted molar refractivity (Wildman–Crippen MR) is 125 cm³/mol. The Kier molecular flexibility index (Phi) is 5.98. The zero-order valence-corrected chi connectivity index (χ0v) is 19.6. The van der Waals surface area contributed by atoms with E-state index in [0.29, 0.717) is 6.73 Å². The second-order valence-corrected chi connectivity index (χ2v) is 15.0. The lowest BCUT2D eigenvalue weighted by Crippen LogP contribution is -2.22. The van der Waals surface area contributed by atoms with Gasteiger partial charge in [0.1, 0.15) is 17.5 Å². The molecule has 0 spiro atoms. The first kappa shape index (κ1) is 20.7. The maximum Gasteiger partial charge on any atom is 0.139 e. The van der Waals surface area contributed by atoms with Gasteiger partial charge >= 0.3 is 0 Å². The fourth-order valence-electron chi connectivity index (χ4n) is 3.13. The van der Waals surface area contributed by atoms with Crippen molar-refractivity contribution in [2.75, 3.05) is 13.7 Å². The molecule has 6 nitrogen and oxygen atoms in total. The van der Waals surface area contributed by atoms with Crippen LogP contribution >= 0.6 is 11.3 Å². The van der Waals surface area contributed by atoms with Gasteiger partial charge in [-0.3, -0.25) is 4.98 Å². The number of benzene rings is 1. The summed E-state index contributed by atoms with van der Waals surface area (Å²) in [5.41, 5.74) is 3.97. The third-order valence-electron chi connectivity index (χ3n) is 4.85. The highest BCUT2D eigenvalue weighted by atomic mass is 32.1. The summed E-state index contributed by atoms with van der Waals surface area (Å²) in [5, 5.41) is 5.42. The van der Waals surface area contributed by atoms with Gasteiger partial charge in [-0.25, -0.2) is 9.67 Å². The Hall–Kier alpha value is -2.55. The molecule has 4 rings (SSSR count). The highest BCUT2D eigenvalue weighted by molar-refractivity contribution is 7.21. The van der Waals surface area contributed by atoms with Crippen LogP contribution in [0.2, 0.25) is 25.7 Å². The Bertz CT molecular complexity index is 1150. The van der Waals surface area contributed by atoms with Crippen LogP contribution in [-0.2, 0) is 11.5 Å². The minimum atomic E-state index is -1.11. The fourth-order valence-corrected chi connectivity index (χ4v) is 4.92. The van der Waals surface area contributed by atoms with E-state index in [1.165, 1.54) is 0 Å². The molecule has 3 heterocycles. The molecule has 3 aromatic heterocycles. The van der Waals surface area contributed by atoms with Crippen molar-refractivity contribution in [1.29, 1.82) is 0 Å². The van der Waals surface area contributed by atoms with Gasteiger partial charge in [0.15, 0.2) is 0 Å². The van der Waals surface area contributed by atoms with Gasteiger partial charge in [-0.05, 0) is 36.4 Å². The van der Waals surface area contributed by atoms with Crippen LogP contribution in [0.25, 0.3) is 32.0 Å². The Balaban J connectivity index is 1.63. The first-order chi connectivity index (χ1) is 14.4. The maximum absolute atomic E-state index is 5.92. The number of thiazole rings is 1. The molecule has 0 radical (unpaired) electrons. The summed E-state index contributed by atoms with van der Waals surface area (Å²) < 4.78 is 14.3. The Morgan fingerprint density at radius 2 is 1.93 bits per heavy atom. The summed E-state index contributed by atoms with van der Waals surface area (Å²) in [6.07, 6.45) is 5.48. The number of hydrogen-bond acceptors (Lipinski definition) is 6. The van der Waals surface area contributed by atoms with E-state index in [1.807, 2.05) is 41.2 Å². The molecule has 0 unspecified atom stereocenters. The van der Waals surface area contributed by atoms with Gasteiger partial charge in [0.25, 0.3) is 0 Å². The molecule has 8 heteroatoms. The zero-order valence-electron chi connectivity index (χ0n) is 17.8. The maximum atomic E-state index is 5.92. The van der Waals surface area contributed by atoms with Gasteiger partial charge in [0.2, 0.25) is 0 Å². The molecule has 0 N–H and O–H groups in total. The van der Waals surface area contributed by atoms with Gasteiger partial charge < -0.3 is 9.47 Å². The molecular weight excluding hydrogens is 412 g/mol. The van der Waals surface area contributed by atoms with E-state index >= 15 is 0 Å². The minimum Gasteiger partial charge on any atom is -0.497 e. The first-order valence-electron chi connectivity index (χ1n) is 9.93. The molecule has 0 bridgehead atoms. The number of rotatable bonds is 8. The van der Waals surface area contributed by atoms with Gasteiger partial charge in [0, 0.05) is 44.4 Å². The molecule has 0 saturated carbocycles. The summed E-state index contributed by atoms with van der Waals surface area (Å²) in [6.45, 7) is 8.24. The second kappa shape index (κ2) is 8.67. The molecule has 156 valence electrons. The normalized spacial score (nSPS) is 11.9. The van der Waals surface area contributed by atoms with Crippen molar-refractivity contribution in [3.8, 4) is 27.6 Å². The highest BCUT2D eigenvalue weighted by Crippen LogP contribution is 2.37. The monoisotopic (exact) mass is 438 g/mol. The van der Waals surface area contributed by atoms with Crippen molar-refractivity contribution < 1.29 is 9.47 Å². The van der Waals surface area contributed by atoms with Gasteiger partial charge in [0.05, 0.1) is 23.0 Å². The molecular formula is C22H26N4O2SSi. The molecule has 0 amide bonds. The van der Waals surface area contributed by atoms with E-state index < -0.39 is 8.07 Å². The molecule has 0 aliphatic rings. The topological polar surface area (TPSA) is 62.1 Å². The number of hydrogen-bond donors (Lipinski definition) is 0. The summed E-state index contributed by atoms with van der Waals surface area (Å²) in [6, 6.07) is 11.1. The zero-order chi connectivity index (χ0) is 21.1. The summed E-state index contributed by atoms with van der Waals surface area (Å²) >= 11 is 1.65. The van der Waals surface area contributed by atoms with Gasteiger partial charge in [-0.1, -0.05) is 19.6 Å². The van der Waals surface area contributed by atoms with Crippen molar-refractivity contribution in [3.05, 3.63) is 48.9 Å². The van der Waals surface area contributed by atoms with Gasteiger partial charge in [-0.2, -0.15) is 5.10 Å². The smallest absolute Gasteiger partial charge is 0.139 e. The van der Waals surface area contributed by atoms with Crippen LogP contribution in [0.3, 0.4) is 0 Å². The number of aromatic nitrogens is 4. The Labute approximate surface area is 181 Å². The number of pyridine rings is 1. The summed E-state index contributed by atoms with van der Waals surface area (Å²) in [4.78, 5) is 9.20. The Morgan fingerprint density at radius 3 is 2.73 bits per heavy atom. The number of fused-ring (bicyclic) bond motifs is 1. The van der Waals surface area contributed by atoms with Crippen LogP contribution < -0.4 is 4.74 Å². The van der Waals surface area contributed by atoms with Crippen LogP contribution in [0.4, 0.5) is 0 Å². The fraction of sp³-hybridized carbons (Fsp3) is 0.318. The number of nitrogens with zero attached hydrogens (tertiary/aromatic N) is 4. The van der Waals surface area contributed by atoms with Crippen LogP contribution in [0.1, 0.15) is 0 Å². The van der Waals surface area contributed by atoms with Crippen molar-refractivity contribution >= 4 is 29.6 Å². The first-order valence-corrected chi connectivity index (χ1v) is 14.5. The number of ether oxygens (including phenoxy) is 2. The van der Waals surface area contributed by atoms with Crippen molar-refractivity contribution in [3.63, 3.8) is 0 Å². The molecule has 0 aliphatic carbocycles. The lowest BCUT2D eigenvalue weighted by atomic mass is 10.1. The van der Waals surface area contributed by atoms with Gasteiger partial charge in [-0.15, -0.1) is 11.3 Å². The van der Waals surface area contributed by atoms with Crippen LogP contribution in [0, 0.1) is 0 Å². The van der Waals surface area contributed by atoms with Crippen molar-refractivity contribution in [2.24, 2.45) is 0 Å². The van der Waals surface area contributed by atoms with Crippen molar-refractivity contribution in [1.82, 2.24) is 19.7 Å². The molecule has 0 atom stereocenters. The molecule has 30 heavy (non-hydrogen) atoms. The third-order valence-corrected chi connectivity index (χ3v) is 7.61. The lowest BCUT2D eigenvalue weighted by molar-refractivity contribution is 0.0798. The molecule has 4 aromatic rings.